The van der Waals surface area contributed by atoms with Crippen LogP contribution in [0, 0.1) is 0 Å². The molecule has 0 bridgehead atoms. The van der Waals surface area contributed by atoms with Crippen molar-refractivity contribution in [1.82, 2.24) is 19.1 Å². The Hall–Kier alpha value is -2.10. The fourth-order valence-electron chi connectivity index (χ4n) is 4.22. The largest absolute Gasteiger partial charge is 0.434 e. The average Bonchev–Trinajstić information content (AvgIpc) is 3.63. The third-order valence-corrected chi connectivity index (χ3v) is 10.6. The van der Waals surface area contributed by atoms with Crippen LogP contribution in [0.15, 0.2) is 18.7 Å². The summed E-state index contributed by atoms with van der Waals surface area (Å²) in [5, 5.41) is 10.7. The fourth-order valence-corrected chi connectivity index (χ4v) is 5.73. The molecule has 0 unspecified atom stereocenters. The summed E-state index contributed by atoms with van der Waals surface area (Å²) >= 11 is 0. The van der Waals surface area contributed by atoms with Gasteiger partial charge >= 0.3 is 12.4 Å². The minimum atomic E-state index is -4.56. The topological polar surface area (TPSA) is 110 Å². The number of rotatable bonds is 11. The molecule has 0 amide bonds. The van der Waals surface area contributed by atoms with Gasteiger partial charge in [-0.1, -0.05) is 39.3 Å². The Labute approximate surface area is 280 Å². The molecule has 2 aliphatic heterocycles. The molecule has 2 aliphatic rings. The minimum absolute atomic E-state index is 0.00567. The van der Waals surface area contributed by atoms with Crippen LogP contribution in [-0.2, 0) is 55.2 Å². The zero-order chi connectivity index (χ0) is 36.2. The van der Waals surface area contributed by atoms with Crippen molar-refractivity contribution in [2.75, 3.05) is 39.6 Å². The van der Waals surface area contributed by atoms with Crippen LogP contribution in [0.25, 0.3) is 0 Å². The highest BCUT2D eigenvalue weighted by molar-refractivity contribution is 6.76. The van der Waals surface area contributed by atoms with E-state index in [4.69, 9.17) is 18.9 Å². The van der Waals surface area contributed by atoms with Gasteiger partial charge in [-0.3, -0.25) is 4.79 Å². The van der Waals surface area contributed by atoms with Gasteiger partial charge in [-0.15, -0.1) is 0 Å². The SMILES string of the molecule is C[Si](C)(C)CCOCn1cc(C(F)(F)F)nc1C1(O)CCOCC1.C[Si](C)(C)CCOCn1cnc(C(F)(F)F)c1.O=C1CCOCC1. The van der Waals surface area contributed by atoms with Gasteiger partial charge in [0.25, 0.3) is 0 Å². The second-order valence-corrected chi connectivity index (χ2v) is 25.4. The van der Waals surface area contributed by atoms with E-state index in [2.05, 4.69) is 49.3 Å². The minimum Gasteiger partial charge on any atom is -0.382 e. The number of hydrogen-bond donors (Lipinski definition) is 1. The lowest BCUT2D eigenvalue weighted by molar-refractivity contribution is -0.142. The van der Waals surface area contributed by atoms with Crippen molar-refractivity contribution in [3.8, 4) is 0 Å². The Balaban J connectivity index is 0.000000288. The Morgan fingerprint density at radius 2 is 1.31 bits per heavy atom. The lowest BCUT2D eigenvalue weighted by Crippen LogP contribution is -2.36. The maximum Gasteiger partial charge on any atom is 0.434 e. The summed E-state index contributed by atoms with van der Waals surface area (Å²) in [6.45, 7) is 16.2. The van der Waals surface area contributed by atoms with Crippen LogP contribution < -0.4 is 0 Å². The number of alkyl halides is 6. The number of halogens is 6. The molecule has 0 radical (unpaired) electrons. The summed E-state index contributed by atoms with van der Waals surface area (Å²) in [6, 6.07) is 1.91. The van der Waals surface area contributed by atoms with Gasteiger partial charge in [-0.25, -0.2) is 9.97 Å². The highest BCUT2D eigenvalue weighted by atomic mass is 28.3. The number of ketones is 1. The van der Waals surface area contributed by atoms with E-state index in [1.807, 2.05) is 0 Å². The molecule has 0 saturated carbocycles. The number of ether oxygens (including phenoxy) is 4. The van der Waals surface area contributed by atoms with Crippen molar-refractivity contribution in [3.63, 3.8) is 0 Å². The molecular weight excluding hydrogens is 683 g/mol. The Bertz CT molecular complexity index is 1240. The van der Waals surface area contributed by atoms with E-state index < -0.39 is 45.5 Å². The number of Topliss-reactive ketones (excluding diaryl/α,β-unsaturated/α-hetero) is 1. The predicted octanol–water partition coefficient (Wildman–Crippen LogP) is 6.79. The molecule has 0 aliphatic carbocycles. The zero-order valence-corrected chi connectivity index (χ0v) is 30.7. The van der Waals surface area contributed by atoms with Gasteiger partial charge in [-0.2, -0.15) is 26.3 Å². The third-order valence-electron chi connectivity index (χ3n) is 7.24. The number of carbonyl (C=O) groups excluding carboxylic acids is 1. The molecular formula is C30H50F6N4O6Si2. The van der Waals surface area contributed by atoms with E-state index in [0.717, 1.165) is 30.8 Å². The van der Waals surface area contributed by atoms with Gasteiger partial charge < -0.3 is 33.2 Å². The van der Waals surface area contributed by atoms with Crippen LogP contribution in [-0.4, -0.2) is 85.8 Å². The van der Waals surface area contributed by atoms with Crippen LogP contribution in [0.2, 0.25) is 51.4 Å². The molecule has 0 aromatic carbocycles. The first-order chi connectivity index (χ1) is 22.1. The molecule has 4 rings (SSSR count). The number of aromatic nitrogens is 4. The van der Waals surface area contributed by atoms with Crippen LogP contribution in [0.1, 0.15) is 42.9 Å². The van der Waals surface area contributed by atoms with Crippen molar-refractivity contribution in [3.05, 3.63) is 35.9 Å². The summed E-state index contributed by atoms with van der Waals surface area (Å²) in [5.74, 6) is 0.345. The summed E-state index contributed by atoms with van der Waals surface area (Å²) in [5.41, 5.74) is -3.30. The van der Waals surface area contributed by atoms with E-state index in [0.29, 0.717) is 58.3 Å². The van der Waals surface area contributed by atoms with Crippen LogP contribution in [0.4, 0.5) is 26.3 Å². The van der Waals surface area contributed by atoms with Crippen molar-refractivity contribution >= 4 is 21.9 Å². The van der Waals surface area contributed by atoms with Crippen LogP contribution in [0.5, 0.6) is 0 Å². The Kier molecular flexibility index (Phi) is 16.0. The third kappa shape index (κ3) is 16.1. The summed E-state index contributed by atoms with van der Waals surface area (Å²) in [7, 11) is -2.43. The van der Waals surface area contributed by atoms with Gasteiger partial charge in [0.1, 0.15) is 30.7 Å². The van der Waals surface area contributed by atoms with E-state index in [1.54, 1.807) is 0 Å². The molecule has 1 N–H and O–H groups in total. The number of carbonyl (C=O) groups is 1. The normalized spacial score (nSPS) is 17.3. The Morgan fingerprint density at radius 3 is 1.75 bits per heavy atom. The molecule has 0 spiro atoms. The fraction of sp³-hybridized carbons (Fsp3) is 0.767. The highest BCUT2D eigenvalue weighted by Gasteiger charge is 2.41. The lowest BCUT2D eigenvalue weighted by atomic mass is 9.93. The summed E-state index contributed by atoms with van der Waals surface area (Å²) < 4.78 is 99.2. The monoisotopic (exact) mass is 732 g/mol. The number of nitrogens with zero attached hydrogens (tertiary/aromatic N) is 4. The molecule has 48 heavy (non-hydrogen) atoms. The molecule has 2 aromatic heterocycles. The van der Waals surface area contributed by atoms with Gasteiger partial charge in [0, 0.05) is 80.7 Å². The maximum atomic E-state index is 13.0. The molecule has 276 valence electrons. The first-order valence-corrected chi connectivity index (χ1v) is 23.3. The zero-order valence-electron chi connectivity index (χ0n) is 28.7. The molecule has 2 saturated heterocycles. The van der Waals surface area contributed by atoms with Gasteiger partial charge in [0.05, 0.1) is 19.5 Å². The standard InChI is InChI=1S/C15H25F3N2O3Si.C10H17F3N2OSi.C5H8O2/c1-24(2,3)9-8-23-11-20-10-12(15(16,17)18)19-13(20)14(21)4-6-22-7-5-14;1-17(2,3)5-4-16-8-15-6-9(14-7-15)10(11,12)13;6-5-1-3-7-4-2-5/h10,21H,4-9,11H2,1-3H3;6-7H,4-5,8H2,1-3H3;1-4H2. The quantitative estimate of drug-likeness (QED) is 0.153. The highest BCUT2D eigenvalue weighted by Crippen LogP contribution is 2.35. The number of hydrogen-bond acceptors (Lipinski definition) is 8. The van der Waals surface area contributed by atoms with E-state index in [9.17, 15) is 36.2 Å². The van der Waals surface area contributed by atoms with Gasteiger partial charge in [0.15, 0.2) is 11.4 Å². The first kappa shape index (κ1) is 42.1. The first-order valence-electron chi connectivity index (χ1n) is 15.9. The van der Waals surface area contributed by atoms with E-state index >= 15 is 0 Å². The molecule has 0 atom stereocenters. The molecule has 18 heteroatoms. The number of imidazole rings is 2. The lowest BCUT2D eigenvalue weighted by Gasteiger charge is -2.31. The maximum absolute atomic E-state index is 13.0. The molecule has 4 heterocycles. The van der Waals surface area contributed by atoms with Crippen molar-refractivity contribution in [1.29, 1.82) is 0 Å². The van der Waals surface area contributed by atoms with Crippen molar-refractivity contribution in [2.24, 2.45) is 0 Å². The van der Waals surface area contributed by atoms with E-state index in [1.165, 1.54) is 9.13 Å². The summed E-state index contributed by atoms with van der Waals surface area (Å²) in [6.07, 6.45) is -4.25. The number of aliphatic hydroxyl groups is 1. The second kappa shape index (κ2) is 18.2. The van der Waals surface area contributed by atoms with Gasteiger partial charge in [-0.05, 0) is 12.1 Å². The molecule has 10 nitrogen and oxygen atoms in total. The van der Waals surface area contributed by atoms with Crippen molar-refractivity contribution < 1.29 is 55.2 Å². The van der Waals surface area contributed by atoms with Crippen LogP contribution >= 0.6 is 0 Å². The smallest absolute Gasteiger partial charge is 0.382 e. The van der Waals surface area contributed by atoms with Gasteiger partial charge in [0.2, 0.25) is 0 Å². The van der Waals surface area contributed by atoms with Crippen molar-refractivity contribution in [2.45, 2.75) is 108 Å². The summed E-state index contributed by atoms with van der Waals surface area (Å²) in [4.78, 5) is 17.3. The van der Waals surface area contributed by atoms with Crippen LogP contribution in [0.3, 0.4) is 0 Å². The Morgan fingerprint density at radius 1 is 0.812 bits per heavy atom. The molecule has 2 fully saturated rings. The average molecular weight is 733 g/mol. The second-order valence-electron chi connectivity index (χ2n) is 14.2. The molecule has 2 aromatic rings. The predicted molar refractivity (Wildman–Crippen MR) is 172 cm³/mol. The van der Waals surface area contributed by atoms with E-state index in [-0.39, 0.29) is 32.1 Å².